The summed E-state index contributed by atoms with van der Waals surface area (Å²) in [5, 5.41) is 15.1. The van der Waals surface area contributed by atoms with Gasteiger partial charge in [0.1, 0.15) is 11.5 Å². The smallest absolute Gasteiger partial charge is 0.252 e. The van der Waals surface area contributed by atoms with Crippen molar-refractivity contribution in [3.05, 3.63) is 35.5 Å². The maximum atomic E-state index is 12.5. The van der Waals surface area contributed by atoms with Crippen molar-refractivity contribution >= 4 is 38.2 Å². The first-order valence-electron chi connectivity index (χ1n) is 17.5. The summed E-state index contributed by atoms with van der Waals surface area (Å²) in [5.74, 6) is 0.0161. The Bertz CT molecular complexity index is 1360. The molecule has 2 aromatic rings. The lowest BCUT2D eigenvalue weighted by Crippen LogP contribution is -2.27. The molecule has 0 bridgehead atoms. The van der Waals surface area contributed by atoms with E-state index in [1.165, 1.54) is 6.92 Å². The first-order chi connectivity index (χ1) is 25.7. The van der Waals surface area contributed by atoms with Crippen LogP contribution in [0.25, 0.3) is 0 Å². The van der Waals surface area contributed by atoms with Crippen molar-refractivity contribution in [3.8, 4) is 5.75 Å². The van der Waals surface area contributed by atoms with Gasteiger partial charge in [0.05, 0.1) is 118 Å². The number of benzene rings is 1. The Morgan fingerprint density at radius 2 is 1.15 bits per heavy atom. The van der Waals surface area contributed by atoms with E-state index < -0.39 is 10.0 Å². The highest BCUT2D eigenvalue weighted by Crippen LogP contribution is 2.26. The predicted molar refractivity (Wildman–Crippen MR) is 197 cm³/mol. The van der Waals surface area contributed by atoms with Crippen LogP contribution in [0.5, 0.6) is 5.75 Å². The highest BCUT2D eigenvalue weighted by molar-refractivity contribution is 7.91. The largest absolute Gasteiger partial charge is 0.508 e. The molecule has 302 valence electrons. The molecule has 0 atom stereocenters. The van der Waals surface area contributed by atoms with Crippen LogP contribution in [-0.2, 0) is 63.9 Å². The number of aromatic hydroxyl groups is 1. The number of amides is 1. The van der Waals surface area contributed by atoms with E-state index in [-0.39, 0.29) is 39.9 Å². The molecule has 0 spiro atoms. The van der Waals surface area contributed by atoms with Gasteiger partial charge in [-0.1, -0.05) is 23.5 Å². The SMILES string of the molecule is CC(=O)Nc1nc(C)c(S(=O)(=O)NCCOCCOCCOCCOCCOCCOCCOCCOCCC(=O)CNCCc2ccc(O)cc2)s1. The molecule has 1 heterocycles. The number of rotatable bonds is 35. The molecule has 0 fully saturated rings. The number of phenols is 1. The number of aryl methyl sites for hydroxylation is 1. The average Bonchev–Trinajstić information content (AvgIpc) is 3.50. The summed E-state index contributed by atoms with van der Waals surface area (Å²) in [4.78, 5) is 27.1. The maximum absolute atomic E-state index is 12.5. The van der Waals surface area contributed by atoms with Crippen molar-refractivity contribution in [2.45, 2.75) is 30.9 Å². The van der Waals surface area contributed by atoms with Crippen molar-refractivity contribution in [2.24, 2.45) is 0 Å². The van der Waals surface area contributed by atoms with Crippen LogP contribution in [0.1, 0.15) is 24.6 Å². The maximum Gasteiger partial charge on any atom is 0.252 e. The Morgan fingerprint density at radius 3 is 1.62 bits per heavy atom. The topological polar surface area (TPSA) is 211 Å². The monoisotopic (exact) mass is 792 g/mol. The summed E-state index contributed by atoms with van der Waals surface area (Å²) in [6.45, 7) is 10.4. The van der Waals surface area contributed by atoms with E-state index in [1.54, 1.807) is 19.1 Å². The zero-order valence-electron chi connectivity index (χ0n) is 30.8. The minimum atomic E-state index is -3.75. The van der Waals surface area contributed by atoms with E-state index in [1.807, 2.05) is 12.1 Å². The van der Waals surface area contributed by atoms with Gasteiger partial charge in [0, 0.05) is 19.9 Å². The first-order valence-corrected chi connectivity index (χ1v) is 19.8. The fraction of sp³-hybridized carbons (Fsp3) is 0.676. The Hall–Kier alpha value is -2.66. The van der Waals surface area contributed by atoms with Gasteiger partial charge in [0.15, 0.2) is 9.34 Å². The third-order valence-electron chi connectivity index (χ3n) is 6.80. The molecule has 2 rings (SSSR count). The quantitative estimate of drug-likeness (QED) is 0.0726. The van der Waals surface area contributed by atoms with Crippen LogP contribution in [-0.4, -0.2) is 156 Å². The van der Waals surface area contributed by atoms with Gasteiger partial charge in [-0.2, -0.15) is 0 Å². The number of hydrogen-bond donors (Lipinski definition) is 4. The van der Waals surface area contributed by atoms with E-state index in [2.05, 4.69) is 20.3 Å². The molecule has 1 aromatic heterocycles. The number of hydrogen-bond acceptors (Lipinski definition) is 16. The fourth-order valence-corrected chi connectivity index (χ4v) is 6.70. The van der Waals surface area contributed by atoms with Gasteiger partial charge in [-0.25, -0.2) is 18.1 Å². The lowest BCUT2D eigenvalue weighted by atomic mass is 10.1. The van der Waals surface area contributed by atoms with Gasteiger partial charge in [0.2, 0.25) is 5.91 Å². The minimum Gasteiger partial charge on any atom is -0.508 e. The van der Waals surface area contributed by atoms with Crippen LogP contribution < -0.4 is 15.4 Å². The molecular formula is C34H56N4O13S2. The number of nitrogens with zero attached hydrogens (tertiary/aromatic N) is 1. The van der Waals surface area contributed by atoms with E-state index >= 15 is 0 Å². The van der Waals surface area contributed by atoms with Crippen molar-refractivity contribution in [1.82, 2.24) is 15.0 Å². The molecule has 1 amide bonds. The molecular weight excluding hydrogens is 737 g/mol. The lowest BCUT2D eigenvalue weighted by molar-refractivity contribution is -0.119. The van der Waals surface area contributed by atoms with Gasteiger partial charge < -0.3 is 53.6 Å². The molecule has 17 nitrogen and oxygen atoms in total. The molecule has 0 unspecified atom stereocenters. The molecule has 0 aliphatic rings. The summed E-state index contributed by atoms with van der Waals surface area (Å²) in [7, 11) is -3.75. The lowest BCUT2D eigenvalue weighted by Gasteiger charge is -2.09. The normalized spacial score (nSPS) is 11.7. The highest BCUT2D eigenvalue weighted by atomic mass is 32.2. The van der Waals surface area contributed by atoms with E-state index in [0.29, 0.717) is 124 Å². The number of carbonyl (C=O) groups is 2. The number of ketones is 1. The van der Waals surface area contributed by atoms with Crippen molar-refractivity contribution in [3.63, 3.8) is 0 Å². The third kappa shape index (κ3) is 24.4. The zero-order chi connectivity index (χ0) is 38.4. The number of aromatic nitrogens is 1. The number of phenolic OH excluding ortho intramolecular Hbond substituents is 1. The van der Waals surface area contributed by atoms with Crippen molar-refractivity contribution in [2.75, 3.05) is 131 Å². The van der Waals surface area contributed by atoms with Gasteiger partial charge >= 0.3 is 0 Å². The second kappa shape index (κ2) is 29.7. The molecule has 1 aromatic carbocycles. The number of nitrogens with one attached hydrogen (secondary N) is 3. The number of carbonyl (C=O) groups excluding carboxylic acids is 2. The molecule has 0 saturated heterocycles. The van der Waals surface area contributed by atoms with Crippen LogP contribution in [0.2, 0.25) is 0 Å². The zero-order valence-corrected chi connectivity index (χ0v) is 32.4. The van der Waals surface area contributed by atoms with Crippen LogP contribution in [0, 0.1) is 6.92 Å². The predicted octanol–water partition coefficient (Wildman–Crippen LogP) is 1.32. The number of thiazole rings is 1. The third-order valence-corrected chi connectivity index (χ3v) is 9.94. The second-order valence-corrected chi connectivity index (χ2v) is 14.2. The summed E-state index contributed by atoms with van der Waals surface area (Å²) in [6, 6.07) is 7.03. The highest BCUT2D eigenvalue weighted by Gasteiger charge is 2.21. The van der Waals surface area contributed by atoms with Crippen LogP contribution in [0.3, 0.4) is 0 Å². The fourth-order valence-electron chi connectivity index (χ4n) is 4.19. The molecule has 0 radical (unpaired) electrons. The summed E-state index contributed by atoms with van der Waals surface area (Å²) >= 11 is 0.892. The first kappa shape index (κ1) is 46.5. The minimum absolute atomic E-state index is 0.0520. The summed E-state index contributed by atoms with van der Waals surface area (Å²) in [6.07, 6.45) is 1.14. The Morgan fingerprint density at radius 1 is 0.698 bits per heavy atom. The number of sulfonamides is 1. The Labute approximate surface area is 316 Å². The summed E-state index contributed by atoms with van der Waals surface area (Å²) in [5.41, 5.74) is 1.41. The second-order valence-electron chi connectivity index (χ2n) is 11.3. The molecule has 0 saturated carbocycles. The standard InChI is InChI=1S/C34H56N4O13S2/c1-28-33(52-34(37-28)38-29(2)39)53(42,43)36-10-12-45-14-16-47-18-20-49-22-24-51-26-25-50-23-21-48-19-17-46-15-13-44-11-8-32(41)27-35-9-7-30-3-5-31(40)6-4-30/h3-6,35-36,40H,7-27H2,1-2H3,(H,37,38,39). The molecule has 19 heteroatoms. The van der Waals surface area contributed by atoms with Gasteiger partial charge in [-0.05, 0) is 37.6 Å². The van der Waals surface area contributed by atoms with Crippen molar-refractivity contribution in [1.29, 1.82) is 0 Å². The van der Waals surface area contributed by atoms with Crippen LogP contribution in [0.15, 0.2) is 28.5 Å². The Kier molecular flexibility index (Phi) is 26.0. The summed E-state index contributed by atoms with van der Waals surface area (Å²) < 4.78 is 71.0. The van der Waals surface area contributed by atoms with Gasteiger partial charge in [-0.3, -0.25) is 9.59 Å². The van der Waals surface area contributed by atoms with Crippen LogP contribution in [0.4, 0.5) is 5.13 Å². The van der Waals surface area contributed by atoms with Crippen LogP contribution >= 0.6 is 11.3 Å². The molecule has 0 aliphatic heterocycles. The Balaban J connectivity index is 1.23. The van der Waals surface area contributed by atoms with Gasteiger partial charge in [0.25, 0.3) is 10.0 Å². The number of ether oxygens (including phenoxy) is 8. The van der Waals surface area contributed by atoms with E-state index in [0.717, 1.165) is 23.3 Å². The van der Waals surface area contributed by atoms with E-state index in [4.69, 9.17) is 37.9 Å². The molecule has 53 heavy (non-hydrogen) atoms. The number of Topliss-reactive ketones (excluding diaryl/α,β-unsaturated/α-hetero) is 1. The molecule has 0 aliphatic carbocycles. The van der Waals surface area contributed by atoms with Crippen molar-refractivity contribution < 1.29 is 61.0 Å². The van der Waals surface area contributed by atoms with Gasteiger partial charge in [-0.15, -0.1) is 0 Å². The molecule has 4 N–H and O–H groups in total. The van der Waals surface area contributed by atoms with E-state index in [9.17, 15) is 23.1 Å². The average molecular weight is 793 g/mol. The number of anilines is 1.